The second kappa shape index (κ2) is 5.17. The molecule has 0 saturated carbocycles. The van der Waals surface area contributed by atoms with Crippen molar-refractivity contribution in [2.24, 2.45) is 0 Å². The van der Waals surface area contributed by atoms with Crippen molar-refractivity contribution in [3.05, 3.63) is 23.5 Å². The maximum atomic E-state index is 5.77. The fourth-order valence-electron chi connectivity index (χ4n) is 1.37. The summed E-state index contributed by atoms with van der Waals surface area (Å²) in [4.78, 5) is 6.06. The third kappa shape index (κ3) is 3.94. The van der Waals surface area contributed by atoms with E-state index in [0.717, 1.165) is 12.2 Å². The lowest BCUT2D eigenvalue weighted by molar-refractivity contribution is 0.392. The molecule has 78 valence electrons. The van der Waals surface area contributed by atoms with Crippen LogP contribution in [0.4, 0.5) is 5.69 Å². The molecule has 0 aliphatic carbocycles. The van der Waals surface area contributed by atoms with Gasteiger partial charge in [-0.25, -0.2) is 4.98 Å². The molecular formula is C10H16ClN3. The lowest BCUT2D eigenvalue weighted by Gasteiger charge is -2.19. The highest BCUT2D eigenvalue weighted by atomic mass is 35.5. The molecule has 0 aliphatic heterocycles. The molecule has 1 aromatic heterocycles. The first-order chi connectivity index (χ1) is 6.58. The second-order valence-corrected chi connectivity index (χ2v) is 4.06. The molecule has 0 spiro atoms. The number of halogens is 1. The number of aromatic nitrogens is 1. The van der Waals surface area contributed by atoms with Crippen LogP contribution in [-0.4, -0.2) is 36.6 Å². The van der Waals surface area contributed by atoms with E-state index in [1.165, 1.54) is 0 Å². The Morgan fingerprint density at radius 2 is 2.29 bits per heavy atom. The van der Waals surface area contributed by atoms with Gasteiger partial charge in [-0.3, -0.25) is 0 Å². The Morgan fingerprint density at radius 3 is 2.86 bits per heavy atom. The van der Waals surface area contributed by atoms with Crippen LogP contribution in [0.5, 0.6) is 0 Å². The lowest BCUT2D eigenvalue weighted by Crippen LogP contribution is -2.29. The molecule has 0 radical (unpaired) electrons. The topological polar surface area (TPSA) is 28.2 Å². The van der Waals surface area contributed by atoms with Crippen molar-refractivity contribution in [2.75, 3.05) is 26.0 Å². The Bertz CT molecular complexity index is 288. The Kier molecular flexibility index (Phi) is 4.17. The van der Waals surface area contributed by atoms with Gasteiger partial charge in [-0.1, -0.05) is 11.6 Å². The molecule has 0 bridgehead atoms. The summed E-state index contributed by atoms with van der Waals surface area (Å²) in [5.41, 5.74) is 1.01. The number of hydrogen-bond acceptors (Lipinski definition) is 3. The molecule has 1 N–H and O–H groups in total. The maximum absolute atomic E-state index is 5.77. The predicted octanol–water partition coefficient (Wildman–Crippen LogP) is 2.10. The van der Waals surface area contributed by atoms with Gasteiger partial charge in [0.2, 0.25) is 0 Å². The molecule has 1 aromatic rings. The van der Waals surface area contributed by atoms with Crippen molar-refractivity contribution in [3.8, 4) is 0 Å². The van der Waals surface area contributed by atoms with Crippen LogP contribution in [0.3, 0.4) is 0 Å². The van der Waals surface area contributed by atoms with Gasteiger partial charge in [0, 0.05) is 24.5 Å². The number of nitrogens with one attached hydrogen (secondary N) is 1. The molecule has 1 unspecified atom stereocenters. The zero-order valence-electron chi connectivity index (χ0n) is 8.79. The first-order valence-corrected chi connectivity index (χ1v) is 4.98. The van der Waals surface area contributed by atoms with Crippen LogP contribution in [0.25, 0.3) is 0 Å². The average Bonchev–Trinajstić information content (AvgIpc) is 2.01. The van der Waals surface area contributed by atoms with Gasteiger partial charge >= 0.3 is 0 Å². The molecule has 0 fully saturated rings. The minimum atomic E-state index is 0.392. The second-order valence-electron chi connectivity index (χ2n) is 3.67. The van der Waals surface area contributed by atoms with E-state index in [9.17, 15) is 0 Å². The summed E-state index contributed by atoms with van der Waals surface area (Å²) in [7, 11) is 4.11. The van der Waals surface area contributed by atoms with E-state index in [-0.39, 0.29) is 0 Å². The summed E-state index contributed by atoms with van der Waals surface area (Å²) in [6.07, 6.45) is 1.70. The molecule has 14 heavy (non-hydrogen) atoms. The number of nitrogens with zero attached hydrogens (tertiary/aromatic N) is 2. The molecule has 4 heteroatoms. The van der Waals surface area contributed by atoms with Crippen LogP contribution in [-0.2, 0) is 0 Å². The van der Waals surface area contributed by atoms with Gasteiger partial charge in [0.05, 0.1) is 0 Å². The van der Waals surface area contributed by atoms with Crippen LogP contribution < -0.4 is 5.32 Å². The first-order valence-electron chi connectivity index (χ1n) is 4.61. The van der Waals surface area contributed by atoms with Crippen molar-refractivity contribution >= 4 is 17.3 Å². The van der Waals surface area contributed by atoms with Gasteiger partial charge in [-0.15, -0.1) is 0 Å². The quantitative estimate of drug-likeness (QED) is 0.777. The van der Waals surface area contributed by atoms with Crippen LogP contribution in [0.15, 0.2) is 18.3 Å². The standard InChI is InChI=1S/C10H16ClN3/c1-8(7-14(2)3)13-9-4-5-12-10(11)6-9/h4-6,8H,7H2,1-3H3,(H,12,13). The Morgan fingerprint density at radius 1 is 1.57 bits per heavy atom. The largest absolute Gasteiger partial charge is 0.381 e. The van der Waals surface area contributed by atoms with Crippen LogP contribution in [0, 0.1) is 0 Å². The zero-order valence-corrected chi connectivity index (χ0v) is 9.54. The highest BCUT2D eigenvalue weighted by Crippen LogP contribution is 2.12. The van der Waals surface area contributed by atoms with E-state index in [1.54, 1.807) is 6.20 Å². The summed E-state index contributed by atoms with van der Waals surface area (Å²) in [6, 6.07) is 4.13. The highest BCUT2D eigenvalue weighted by molar-refractivity contribution is 6.29. The number of hydrogen-bond donors (Lipinski definition) is 1. The molecule has 3 nitrogen and oxygen atoms in total. The van der Waals surface area contributed by atoms with Crippen molar-refractivity contribution in [1.82, 2.24) is 9.88 Å². The van der Waals surface area contributed by atoms with E-state index < -0.39 is 0 Å². The summed E-state index contributed by atoms with van der Waals surface area (Å²) >= 11 is 5.77. The first kappa shape index (κ1) is 11.3. The molecule has 0 amide bonds. The summed E-state index contributed by atoms with van der Waals surface area (Å²) < 4.78 is 0. The van der Waals surface area contributed by atoms with Gasteiger partial charge in [0.1, 0.15) is 5.15 Å². The van der Waals surface area contributed by atoms with Gasteiger partial charge in [-0.2, -0.15) is 0 Å². The van der Waals surface area contributed by atoms with Crippen molar-refractivity contribution in [3.63, 3.8) is 0 Å². The van der Waals surface area contributed by atoms with E-state index >= 15 is 0 Å². The van der Waals surface area contributed by atoms with E-state index in [1.807, 2.05) is 12.1 Å². The number of anilines is 1. The smallest absolute Gasteiger partial charge is 0.131 e. The van der Waals surface area contributed by atoms with Gasteiger partial charge in [0.25, 0.3) is 0 Å². The molecule has 0 aromatic carbocycles. The minimum Gasteiger partial charge on any atom is -0.381 e. The van der Waals surface area contributed by atoms with Crippen molar-refractivity contribution in [2.45, 2.75) is 13.0 Å². The molecule has 0 saturated heterocycles. The summed E-state index contributed by atoms with van der Waals surface area (Å²) in [6.45, 7) is 3.12. The normalized spacial score (nSPS) is 12.9. The summed E-state index contributed by atoms with van der Waals surface area (Å²) in [5.74, 6) is 0. The van der Waals surface area contributed by atoms with E-state index in [0.29, 0.717) is 11.2 Å². The number of rotatable bonds is 4. The monoisotopic (exact) mass is 213 g/mol. The van der Waals surface area contributed by atoms with Crippen molar-refractivity contribution in [1.29, 1.82) is 0 Å². The van der Waals surface area contributed by atoms with Crippen LogP contribution in [0.2, 0.25) is 5.15 Å². The fourth-order valence-corrected chi connectivity index (χ4v) is 1.54. The van der Waals surface area contributed by atoms with Crippen molar-refractivity contribution < 1.29 is 0 Å². The lowest BCUT2D eigenvalue weighted by atomic mass is 10.3. The van der Waals surface area contributed by atoms with Gasteiger partial charge in [-0.05, 0) is 33.2 Å². The Hall–Kier alpha value is -0.800. The SMILES string of the molecule is CC(CN(C)C)Nc1ccnc(Cl)c1. The number of pyridine rings is 1. The third-order valence-electron chi connectivity index (χ3n) is 1.78. The molecule has 1 atom stereocenters. The van der Waals surface area contributed by atoms with E-state index in [4.69, 9.17) is 11.6 Å². The molecule has 1 rings (SSSR count). The zero-order chi connectivity index (χ0) is 10.6. The highest BCUT2D eigenvalue weighted by Gasteiger charge is 2.03. The predicted molar refractivity (Wildman–Crippen MR) is 60.9 cm³/mol. The van der Waals surface area contributed by atoms with Crippen LogP contribution in [0.1, 0.15) is 6.92 Å². The Balaban J connectivity index is 2.51. The molecule has 0 aliphatic rings. The molecule has 1 heterocycles. The summed E-state index contributed by atoms with van der Waals surface area (Å²) in [5, 5.41) is 3.87. The third-order valence-corrected chi connectivity index (χ3v) is 1.99. The van der Waals surface area contributed by atoms with Crippen LogP contribution >= 0.6 is 11.6 Å². The van der Waals surface area contributed by atoms with Gasteiger partial charge in [0.15, 0.2) is 0 Å². The van der Waals surface area contributed by atoms with E-state index in [2.05, 4.69) is 36.2 Å². The maximum Gasteiger partial charge on any atom is 0.131 e. The molecular weight excluding hydrogens is 198 g/mol. The minimum absolute atomic E-state index is 0.392. The fraction of sp³-hybridized carbons (Fsp3) is 0.500. The number of likely N-dealkylation sites (N-methyl/N-ethyl adjacent to an activating group) is 1. The van der Waals surface area contributed by atoms with Gasteiger partial charge < -0.3 is 10.2 Å². The average molecular weight is 214 g/mol. The Labute approximate surface area is 90.1 Å².